The van der Waals surface area contributed by atoms with Gasteiger partial charge >= 0.3 is 0 Å². The largest absolute Gasteiger partial charge is 0.378 e. The summed E-state index contributed by atoms with van der Waals surface area (Å²) < 4.78 is 7.27. The van der Waals surface area contributed by atoms with Crippen molar-refractivity contribution in [3.63, 3.8) is 0 Å². The van der Waals surface area contributed by atoms with E-state index in [0.29, 0.717) is 18.0 Å². The van der Waals surface area contributed by atoms with Crippen molar-refractivity contribution in [2.45, 2.75) is 37.8 Å². The van der Waals surface area contributed by atoms with Crippen LogP contribution in [0.2, 0.25) is 0 Å². The molecule has 0 aliphatic heterocycles. The molecule has 2 rings (SSSR count). The molecule has 0 spiro atoms. The molecule has 1 saturated carbocycles. The summed E-state index contributed by atoms with van der Waals surface area (Å²) in [5.74, 6) is 1.11. The zero-order valence-electron chi connectivity index (χ0n) is 8.06. The van der Waals surface area contributed by atoms with Crippen LogP contribution in [-0.2, 0) is 10.6 Å². The quantitative estimate of drug-likeness (QED) is 0.709. The lowest BCUT2D eigenvalue weighted by Gasteiger charge is -2.34. The number of ether oxygens (including phenoxy) is 1. The van der Waals surface area contributed by atoms with E-state index in [4.69, 9.17) is 16.3 Å². The summed E-state index contributed by atoms with van der Waals surface area (Å²) >= 11 is 5.70. The monoisotopic (exact) mass is 216 g/mol. The van der Waals surface area contributed by atoms with Crippen molar-refractivity contribution < 1.29 is 4.74 Å². The molecule has 1 aliphatic rings. The molecule has 1 aliphatic carbocycles. The molecule has 0 aromatic carbocycles. The molecular weight excluding hydrogens is 204 g/mol. The molecule has 0 atom stereocenters. The van der Waals surface area contributed by atoms with Crippen LogP contribution in [-0.4, -0.2) is 32.9 Å². The van der Waals surface area contributed by atoms with E-state index < -0.39 is 0 Å². The number of aromatic nitrogens is 4. The molecule has 1 heterocycles. The molecule has 0 saturated heterocycles. The van der Waals surface area contributed by atoms with E-state index in [9.17, 15) is 0 Å². The highest BCUT2D eigenvalue weighted by Crippen LogP contribution is 2.34. The van der Waals surface area contributed by atoms with Crippen LogP contribution in [0.4, 0.5) is 0 Å². The van der Waals surface area contributed by atoms with E-state index in [-0.39, 0.29) is 0 Å². The maximum Gasteiger partial charge on any atom is 0.166 e. The van der Waals surface area contributed by atoms with E-state index in [1.165, 1.54) is 0 Å². The Kier molecular flexibility index (Phi) is 2.98. The Morgan fingerprint density at radius 1 is 1.57 bits per heavy atom. The SMILES string of the molecule is CCOC1CC(n2nnnc2CCl)C1. The smallest absolute Gasteiger partial charge is 0.166 e. The van der Waals surface area contributed by atoms with Gasteiger partial charge in [0, 0.05) is 6.61 Å². The Hall–Kier alpha value is -0.680. The van der Waals surface area contributed by atoms with Gasteiger partial charge in [0.25, 0.3) is 0 Å². The average Bonchev–Trinajstić information content (AvgIpc) is 2.58. The molecule has 5 nitrogen and oxygen atoms in total. The molecule has 1 fully saturated rings. The molecule has 6 heteroatoms. The van der Waals surface area contributed by atoms with E-state index in [1.54, 1.807) is 0 Å². The number of tetrazole rings is 1. The summed E-state index contributed by atoms with van der Waals surface area (Å²) in [6.45, 7) is 2.78. The Morgan fingerprint density at radius 2 is 2.36 bits per heavy atom. The van der Waals surface area contributed by atoms with Crippen molar-refractivity contribution in [1.82, 2.24) is 20.2 Å². The van der Waals surface area contributed by atoms with Gasteiger partial charge in [0.15, 0.2) is 5.82 Å². The zero-order valence-corrected chi connectivity index (χ0v) is 8.81. The van der Waals surface area contributed by atoms with Gasteiger partial charge in [-0.2, -0.15) is 0 Å². The summed E-state index contributed by atoms with van der Waals surface area (Å²) in [5, 5.41) is 11.4. The average molecular weight is 217 g/mol. The van der Waals surface area contributed by atoms with Crippen LogP contribution in [0.1, 0.15) is 31.6 Å². The van der Waals surface area contributed by atoms with Crippen LogP contribution in [0.15, 0.2) is 0 Å². The predicted molar refractivity (Wildman–Crippen MR) is 51.1 cm³/mol. The molecule has 1 aromatic heterocycles. The van der Waals surface area contributed by atoms with Crippen molar-refractivity contribution in [3.05, 3.63) is 5.82 Å². The molecule has 0 amide bonds. The zero-order chi connectivity index (χ0) is 9.97. The Bertz CT molecular complexity index is 297. The molecule has 14 heavy (non-hydrogen) atoms. The van der Waals surface area contributed by atoms with Crippen molar-refractivity contribution >= 4 is 11.6 Å². The summed E-state index contributed by atoms with van der Waals surface area (Å²) in [5.41, 5.74) is 0. The van der Waals surface area contributed by atoms with Gasteiger partial charge in [0.05, 0.1) is 18.0 Å². The molecule has 0 bridgehead atoms. The minimum Gasteiger partial charge on any atom is -0.378 e. The summed E-state index contributed by atoms with van der Waals surface area (Å²) in [6.07, 6.45) is 2.35. The molecule has 0 radical (unpaired) electrons. The van der Waals surface area contributed by atoms with Crippen molar-refractivity contribution in [3.8, 4) is 0 Å². The summed E-state index contributed by atoms with van der Waals surface area (Å²) in [6, 6.07) is 0.371. The van der Waals surface area contributed by atoms with Crippen molar-refractivity contribution in [2.24, 2.45) is 0 Å². The second-order valence-corrected chi connectivity index (χ2v) is 3.64. The van der Waals surface area contributed by atoms with Gasteiger partial charge in [-0.1, -0.05) is 0 Å². The first kappa shape index (κ1) is 9.86. The van der Waals surface area contributed by atoms with Gasteiger partial charge in [0.1, 0.15) is 0 Å². The highest BCUT2D eigenvalue weighted by Gasteiger charge is 2.33. The van der Waals surface area contributed by atoms with Crippen LogP contribution in [0, 0.1) is 0 Å². The lowest BCUT2D eigenvalue weighted by molar-refractivity contribution is -0.0237. The minimum atomic E-state index is 0.364. The highest BCUT2D eigenvalue weighted by atomic mass is 35.5. The number of rotatable bonds is 4. The van der Waals surface area contributed by atoms with Gasteiger partial charge in [-0.3, -0.25) is 0 Å². The second kappa shape index (κ2) is 4.23. The van der Waals surface area contributed by atoms with Gasteiger partial charge in [-0.25, -0.2) is 4.68 Å². The lowest BCUT2D eigenvalue weighted by atomic mass is 9.89. The van der Waals surface area contributed by atoms with Crippen molar-refractivity contribution in [2.75, 3.05) is 6.61 Å². The minimum absolute atomic E-state index is 0.364. The first-order valence-electron chi connectivity index (χ1n) is 4.79. The first-order chi connectivity index (χ1) is 6.85. The van der Waals surface area contributed by atoms with Crippen LogP contribution >= 0.6 is 11.6 Å². The number of hydrogen-bond acceptors (Lipinski definition) is 4. The van der Waals surface area contributed by atoms with Crippen LogP contribution in [0.5, 0.6) is 0 Å². The van der Waals surface area contributed by atoms with Crippen LogP contribution in [0.25, 0.3) is 0 Å². The Balaban J connectivity index is 1.92. The van der Waals surface area contributed by atoms with Crippen LogP contribution in [0.3, 0.4) is 0 Å². The number of nitrogens with zero attached hydrogens (tertiary/aromatic N) is 4. The topological polar surface area (TPSA) is 52.8 Å². The molecule has 1 aromatic rings. The normalized spacial score (nSPS) is 26.1. The van der Waals surface area contributed by atoms with Gasteiger partial charge in [-0.15, -0.1) is 16.7 Å². The van der Waals surface area contributed by atoms with E-state index >= 15 is 0 Å². The predicted octanol–water partition coefficient (Wildman–Crippen LogP) is 1.15. The third kappa shape index (κ3) is 1.74. The van der Waals surface area contributed by atoms with Crippen molar-refractivity contribution in [1.29, 1.82) is 0 Å². The standard InChI is InChI=1S/C8H13ClN4O/c1-2-14-7-3-6(4-7)13-8(5-9)10-11-12-13/h6-7H,2-5H2,1H3. The van der Waals surface area contributed by atoms with E-state index in [0.717, 1.165) is 25.3 Å². The molecule has 0 unspecified atom stereocenters. The maximum absolute atomic E-state index is 5.70. The number of halogens is 1. The third-order valence-corrected chi connectivity index (χ3v) is 2.74. The first-order valence-corrected chi connectivity index (χ1v) is 5.33. The van der Waals surface area contributed by atoms with Gasteiger partial charge in [-0.05, 0) is 30.2 Å². The highest BCUT2D eigenvalue weighted by molar-refractivity contribution is 6.16. The summed E-state index contributed by atoms with van der Waals surface area (Å²) in [7, 11) is 0. The van der Waals surface area contributed by atoms with Crippen LogP contribution < -0.4 is 0 Å². The fraction of sp³-hybridized carbons (Fsp3) is 0.875. The molecule has 0 N–H and O–H groups in total. The number of hydrogen-bond donors (Lipinski definition) is 0. The summed E-state index contributed by atoms with van der Waals surface area (Å²) in [4.78, 5) is 0. The third-order valence-electron chi connectivity index (χ3n) is 2.50. The maximum atomic E-state index is 5.70. The molecular formula is C8H13ClN4O. The fourth-order valence-electron chi connectivity index (χ4n) is 1.69. The lowest BCUT2D eigenvalue weighted by Crippen LogP contribution is -2.34. The fourth-order valence-corrected chi connectivity index (χ4v) is 1.87. The Labute approximate surface area is 87.4 Å². The van der Waals surface area contributed by atoms with E-state index in [2.05, 4.69) is 15.5 Å². The van der Waals surface area contributed by atoms with Gasteiger partial charge < -0.3 is 4.74 Å². The Morgan fingerprint density at radius 3 is 3.00 bits per heavy atom. The van der Waals surface area contributed by atoms with E-state index in [1.807, 2.05) is 11.6 Å². The molecule has 78 valence electrons. The van der Waals surface area contributed by atoms with Gasteiger partial charge in [0.2, 0.25) is 0 Å². The second-order valence-electron chi connectivity index (χ2n) is 3.38. The number of alkyl halides is 1.